The third-order valence-electron chi connectivity index (χ3n) is 5.56. The van der Waals surface area contributed by atoms with Gasteiger partial charge < -0.3 is 10.1 Å². The molecule has 0 fully saturated rings. The molecule has 3 aromatic carbocycles. The summed E-state index contributed by atoms with van der Waals surface area (Å²) in [7, 11) is -2.43. The fourth-order valence-electron chi connectivity index (χ4n) is 3.81. The van der Waals surface area contributed by atoms with E-state index in [1.54, 1.807) is 42.5 Å². The van der Waals surface area contributed by atoms with E-state index in [2.05, 4.69) is 5.32 Å². The molecule has 0 unspecified atom stereocenters. The van der Waals surface area contributed by atoms with Crippen molar-refractivity contribution < 1.29 is 17.9 Å². The van der Waals surface area contributed by atoms with Gasteiger partial charge in [0.2, 0.25) is 15.9 Å². The van der Waals surface area contributed by atoms with Gasteiger partial charge in [-0.15, -0.1) is 0 Å². The van der Waals surface area contributed by atoms with Gasteiger partial charge in [0.1, 0.15) is 11.8 Å². The largest absolute Gasteiger partial charge is 0.495 e. The summed E-state index contributed by atoms with van der Waals surface area (Å²) in [5.41, 5.74) is 3.17. The maximum absolute atomic E-state index is 13.6. The quantitative estimate of drug-likeness (QED) is 0.599. The summed E-state index contributed by atoms with van der Waals surface area (Å²) < 4.78 is 33.7. The van der Waals surface area contributed by atoms with E-state index in [9.17, 15) is 13.2 Å². The number of hydrogen-bond acceptors (Lipinski definition) is 4. The summed E-state index contributed by atoms with van der Waals surface area (Å²) in [4.78, 5) is 13.5. The van der Waals surface area contributed by atoms with Crippen molar-refractivity contribution >= 4 is 33.2 Å². The topological polar surface area (TPSA) is 75.7 Å². The van der Waals surface area contributed by atoms with Crippen molar-refractivity contribution in [2.24, 2.45) is 0 Å². The van der Waals surface area contributed by atoms with Gasteiger partial charge in [0.25, 0.3) is 0 Å². The van der Waals surface area contributed by atoms with Gasteiger partial charge >= 0.3 is 0 Å². The third-order valence-corrected chi connectivity index (χ3v) is 7.66. The van der Waals surface area contributed by atoms with Crippen molar-refractivity contribution in [3.05, 3.63) is 88.4 Å². The highest BCUT2D eigenvalue weighted by Crippen LogP contribution is 2.32. The summed E-state index contributed by atoms with van der Waals surface area (Å²) >= 11 is 6.09. The van der Waals surface area contributed by atoms with Crippen LogP contribution in [0.25, 0.3) is 0 Å². The number of halogens is 1. The van der Waals surface area contributed by atoms with Crippen molar-refractivity contribution in [1.29, 1.82) is 0 Å². The van der Waals surface area contributed by atoms with Crippen LogP contribution in [0.15, 0.2) is 71.6 Å². The number of carbonyl (C=O) groups is 1. The Labute approximate surface area is 192 Å². The highest BCUT2D eigenvalue weighted by atomic mass is 35.5. The normalized spacial score (nSPS) is 16.3. The smallest absolute Gasteiger partial charge is 0.244 e. The number of fused-ring (bicyclic) bond motifs is 1. The van der Waals surface area contributed by atoms with E-state index in [0.717, 1.165) is 16.7 Å². The molecule has 0 spiro atoms. The van der Waals surface area contributed by atoms with Gasteiger partial charge in [0, 0.05) is 11.6 Å². The lowest BCUT2D eigenvalue weighted by atomic mass is 9.95. The number of methoxy groups -OCH3 is 1. The van der Waals surface area contributed by atoms with Crippen LogP contribution in [-0.4, -0.2) is 31.8 Å². The van der Waals surface area contributed by atoms with Gasteiger partial charge in [-0.2, -0.15) is 4.31 Å². The Morgan fingerprint density at radius 3 is 2.44 bits per heavy atom. The molecule has 0 bridgehead atoms. The zero-order valence-electron chi connectivity index (χ0n) is 17.7. The molecule has 8 heteroatoms. The SMILES string of the molecule is COc1ccc(Cl)cc1NC(=O)[C@@H]1Cc2ccccc2CN1S(=O)(=O)c1ccc(C)cc1. The summed E-state index contributed by atoms with van der Waals surface area (Å²) in [6.07, 6.45) is 0.260. The van der Waals surface area contributed by atoms with Crippen molar-refractivity contribution in [3.8, 4) is 5.75 Å². The molecule has 32 heavy (non-hydrogen) atoms. The highest BCUT2D eigenvalue weighted by molar-refractivity contribution is 7.89. The summed E-state index contributed by atoms with van der Waals surface area (Å²) in [5, 5.41) is 3.24. The van der Waals surface area contributed by atoms with Crippen molar-refractivity contribution in [3.63, 3.8) is 0 Å². The van der Waals surface area contributed by atoms with E-state index in [1.165, 1.54) is 11.4 Å². The minimum absolute atomic E-state index is 0.108. The fraction of sp³-hybridized carbons (Fsp3) is 0.208. The van der Waals surface area contributed by atoms with Crippen LogP contribution in [0.3, 0.4) is 0 Å². The molecule has 1 aliphatic heterocycles. The predicted octanol–water partition coefficient (Wildman–Crippen LogP) is 4.41. The lowest BCUT2D eigenvalue weighted by Gasteiger charge is -2.35. The van der Waals surface area contributed by atoms with E-state index in [4.69, 9.17) is 16.3 Å². The minimum atomic E-state index is -3.92. The van der Waals surface area contributed by atoms with Crippen molar-refractivity contribution in [2.45, 2.75) is 30.8 Å². The number of carbonyl (C=O) groups excluding carboxylic acids is 1. The molecule has 0 saturated heterocycles. The fourth-order valence-corrected chi connectivity index (χ4v) is 5.55. The van der Waals surface area contributed by atoms with Gasteiger partial charge in [-0.05, 0) is 54.8 Å². The van der Waals surface area contributed by atoms with Gasteiger partial charge in [0.05, 0.1) is 17.7 Å². The first-order chi connectivity index (χ1) is 15.3. The lowest BCUT2D eigenvalue weighted by Crippen LogP contribution is -2.50. The number of hydrogen-bond donors (Lipinski definition) is 1. The lowest BCUT2D eigenvalue weighted by molar-refractivity contribution is -0.120. The molecular weight excluding hydrogens is 448 g/mol. The average Bonchev–Trinajstić information content (AvgIpc) is 2.78. The molecule has 0 radical (unpaired) electrons. The zero-order valence-corrected chi connectivity index (χ0v) is 19.3. The van der Waals surface area contributed by atoms with Crippen LogP contribution in [0.2, 0.25) is 5.02 Å². The summed E-state index contributed by atoms with van der Waals surface area (Å²) in [6.45, 7) is 2.00. The van der Waals surface area contributed by atoms with Crippen molar-refractivity contribution in [1.82, 2.24) is 4.31 Å². The van der Waals surface area contributed by atoms with Crippen LogP contribution in [0.4, 0.5) is 5.69 Å². The molecule has 1 N–H and O–H groups in total. The molecular formula is C24H23ClN2O4S. The van der Waals surface area contributed by atoms with Gasteiger partial charge in [-0.1, -0.05) is 53.6 Å². The first-order valence-corrected chi connectivity index (χ1v) is 11.9. The third kappa shape index (κ3) is 4.37. The first-order valence-electron chi connectivity index (χ1n) is 10.1. The number of sulfonamides is 1. The Balaban J connectivity index is 1.73. The predicted molar refractivity (Wildman–Crippen MR) is 124 cm³/mol. The molecule has 1 atom stereocenters. The second-order valence-electron chi connectivity index (χ2n) is 7.69. The van der Waals surface area contributed by atoms with E-state index in [-0.39, 0.29) is 17.9 Å². The van der Waals surface area contributed by atoms with Crippen LogP contribution in [0.5, 0.6) is 5.75 Å². The highest BCUT2D eigenvalue weighted by Gasteiger charge is 2.39. The van der Waals surface area contributed by atoms with Crippen LogP contribution >= 0.6 is 11.6 Å². The monoisotopic (exact) mass is 470 g/mol. The number of nitrogens with one attached hydrogen (secondary N) is 1. The molecule has 166 valence electrons. The van der Waals surface area contributed by atoms with Crippen LogP contribution in [-0.2, 0) is 27.8 Å². The number of amides is 1. The maximum atomic E-state index is 13.6. The molecule has 3 aromatic rings. The molecule has 1 amide bonds. The second kappa shape index (κ2) is 8.94. The van der Waals surface area contributed by atoms with Crippen LogP contribution < -0.4 is 10.1 Å². The zero-order chi connectivity index (χ0) is 22.9. The molecule has 6 nitrogen and oxygen atoms in total. The minimum Gasteiger partial charge on any atom is -0.495 e. The molecule has 0 aromatic heterocycles. The number of aryl methyl sites for hydroxylation is 1. The van der Waals surface area contributed by atoms with E-state index < -0.39 is 22.0 Å². The Bertz CT molecular complexity index is 1260. The molecule has 4 rings (SSSR count). The summed E-state index contributed by atoms with van der Waals surface area (Å²) in [5.74, 6) is -0.0114. The molecule has 1 heterocycles. The van der Waals surface area contributed by atoms with Gasteiger partial charge in [0.15, 0.2) is 0 Å². The number of anilines is 1. The Morgan fingerprint density at radius 2 is 1.75 bits per heavy atom. The number of nitrogens with zero attached hydrogens (tertiary/aromatic N) is 1. The Hall–Kier alpha value is -2.87. The Kier molecular flexibility index (Phi) is 6.24. The summed E-state index contributed by atoms with van der Waals surface area (Å²) in [6, 6.07) is 18.1. The molecule has 1 aliphatic rings. The van der Waals surface area contributed by atoms with Crippen molar-refractivity contribution in [2.75, 3.05) is 12.4 Å². The number of rotatable bonds is 5. The van der Waals surface area contributed by atoms with Gasteiger partial charge in [-0.3, -0.25) is 4.79 Å². The van der Waals surface area contributed by atoms with Gasteiger partial charge in [-0.25, -0.2) is 8.42 Å². The Morgan fingerprint density at radius 1 is 1.06 bits per heavy atom. The van der Waals surface area contributed by atoms with Crippen LogP contribution in [0, 0.1) is 6.92 Å². The van der Waals surface area contributed by atoms with E-state index in [0.29, 0.717) is 16.5 Å². The number of ether oxygens (including phenoxy) is 1. The van der Waals surface area contributed by atoms with Crippen LogP contribution in [0.1, 0.15) is 16.7 Å². The number of benzene rings is 3. The average molecular weight is 471 g/mol. The molecule has 0 saturated carbocycles. The standard InChI is InChI=1S/C24H23ClN2O4S/c1-16-7-10-20(11-8-16)32(29,30)27-15-18-6-4-3-5-17(18)13-22(27)24(28)26-21-14-19(25)9-12-23(21)31-2/h3-12,14,22H,13,15H2,1-2H3,(H,26,28)/t22-/m0/s1. The maximum Gasteiger partial charge on any atom is 0.244 e. The van der Waals surface area contributed by atoms with E-state index >= 15 is 0 Å². The van der Waals surface area contributed by atoms with E-state index in [1.807, 2.05) is 31.2 Å². The second-order valence-corrected chi connectivity index (χ2v) is 10.0. The first kappa shape index (κ1) is 22.3. The molecule has 0 aliphatic carbocycles.